The summed E-state index contributed by atoms with van der Waals surface area (Å²) in [5.74, 6) is -0.328. The van der Waals surface area contributed by atoms with Gasteiger partial charge in [-0.2, -0.15) is 4.37 Å². The molecule has 0 saturated heterocycles. The number of ether oxygens (including phenoxy) is 1. The lowest BCUT2D eigenvalue weighted by Crippen LogP contribution is -2.09. The smallest absolute Gasteiger partial charge is 0.343 e. The SMILES string of the molecule is CCOC(=O)c1c(C)nsc1NCc1nccs1. The van der Waals surface area contributed by atoms with Crippen molar-refractivity contribution in [2.24, 2.45) is 0 Å². The fourth-order valence-corrected chi connectivity index (χ4v) is 2.76. The predicted molar refractivity (Wildman–Crippen MR) is 72.2 cm³/mol. The van der Waals surface area contributed by atoms with Crippen LogP contribution < -0.4 is 5.32 Å². The van der Waals surface area contributed by atoms with Gasteiger partial charge in [-0.05, 0) is 25.4 Å². The molecule has 0 aromatic carbocycles. The van der Waals surface area contributed by atoms with E-state index >= 15 is 0 Å². The minimum Gasteiger partial charge on any atom is -0.462 e. The van der Waals surface area contributed by atoms with Gasteiger partial charge in [-0.3, -0.25) is 0 Å². The highest BCUT2D eigenvalue weighted by atomic mass is 32.1. The lowest BCUT2D eigenvalue weighted by Gasteiger charge is -2.05. The van der Waals surface area contributed by atoms with E-state index in [0.717, 1.165) is 10.0 Å². The van der Waals surface area contributed by atoms with E-state index in [-0.39, 0.29) is 5.97 Å². The van der Waals surface area contributed by atoms with Crippen LogP contribution >= 0.6 is 22.9 Å². The molecule has 0 aliphatic carbocycles. The Hall–Kier alpha value is -1.47. The predicted octanol–water partition coefficient (Wildman–Crippen LogP) is 2.70. The summed E-state index contributed by atoms with van der Waals surface area (Å²) >= 11 is 2.84. The second-order valence-corrected chi connectivity index (χ2v) is 5.22. The van der Waals surface area contributed by atoms with Crippen molar-refractivity contribution in [2.45, 2.75) is 20.4 Å². The van der Waals surface area contributed by atoms with Gasteiger partial charge >= 0.3 is 5.97 Å². The van der Waals surface area contributed by atoms with Gasteiger partial charge < -0.3 is 10.1 Å². The molecule has 0 bridgehead atoms. The molecule has 2 aromatic rings. The van der Waals surface area contributed by atoms with Gasteiger partial charge in [0.15, 0.2) is 0 Å². The summed E-state index contributed by atoms with van der Waals surface area (Å²) in [5, 5.41) is 6.80. The third kappa shape index (κ3) is 2.85. The number of esters is 1. The first kappa shape index (κ1) is 13.0. The molecule has 0 atom stereocenters. The van der Waals surface area contributed by atoms with Crippen LogP contribution in [-0.2, 0) is 11.3 Å². The number of hydrogen-bond donors (Lipinski definition) is 1. The standard InChI is InChI=1S/C11H13N3O2S2/c1-3-16-11(15)9-7(2)14-18-10(9)13-6-8-12-4-5-17-8/h4-5,13H,3,6H2,1-2H3. The first-order valence-electron chi connectivity index (χ1n) is 5.48. The van der Waals surface area contributed by atoms with E-state index in [9.17, 15) is 4.79 Å². The Balaban J connectivity index is 2.10. The first-order chi connectivity index (χ1) is 8.72. The molecule has 0 fully saturated rings. The molecule has 2 aromatic heterocycles. The van der Waals surface area contributed by atoms with Crippen LogP contribution in [0.4, 0.5) is 5.00 Å². The number of aromatic nitrogens is 2. The number of carbonyl (C=O) groups is 1. The summed E-state index contributed by atoms with van der Waals surface area (Å²) in [5.41, 5.74) is 1.22. The number of hydrogen-bond acceptors (Lipinski definition) is 7. The van der Waals surface area contributed by atoms with Gasteiger partial charge in [0.1, 0.15) is 15.6 Å². The minimum absolute atomic E-state index is 0.328. The Morgan fingerprint density at radius 2 is 2.39 bits per heavy atom. The highest BCUT2D eigenvalue weighted by Crippen LogP contribution is 2.26. The van der Waals surface area contributed by atoms with Crippen LogP contribution in [0.5, 0.6) is 0 Å². The van der Waals surface area contributed by atoms with E-state index in [4.69, 9.17) is 4.74 Å². The molecule has 0 aliphatic rings. The summed E-state index contributed by atoms with van der Waals surface area (Å²) in [6.45, 7) is 4.54. The van der Waals surface area contributed by atoms with Crippen LogP contribution in [0.1, 0.15) is 28.0 Å². The van der Waals surface area contributed by atoms with Gasteiger partial charge in [0.05, 0.1) is 18.8 Å². The average Bonchev–Trinajstić information content (AvgIpc) is 2.96. The van der Waals surface area contributed by atoms with Crippen molar-refractivity contribution in [1.82, 2.24) is 9.36 Å². The van der Waals surface area contributed by atoms with Gasteiger partial charge in [-0.25, -0.2) is 9.78 Å². The molecule has 2 heterocycles. The third-order valence-corrected chi connectivity index (χ3v) is 3.90. The molecule has 5 nitrogen and oxygen atoms in total. The summed E-state index contributed by atoms with van der Waals surface area (Å²) in [7, 11) is 0. The molecule has 2 rings (SSSR count). The van der Waals surface area contributed by atoms with Crippen molar-refractivity contribution in [3.63, 3.8) is 0 Å². The van der Waals surface area contributed by atoms with Crippen LogP contribution in [0.25, 0.3) is 0 Å². The monoisotopic (exact) mass is 283 g/mol. The maximum atomic E-state index is 11.8. The zero-order valence-electron chi connectivity index (χ0n) is 10.1. The molecular formula is C11H13N3O2S2. The Bertz CT molecular complexity index is 522. The van der Waals surface area contributed by atoms with E-state index in [1.807, 2.05) is 5.38 Å². The molecule has 0 unspecified atom stereocenters. The number of nitrogens with one attached hydrogen (secondary N) is 1. The number of anilines is 1. The quantitative estimate of drug-likeness (QED) is 0.855. The second-order valence-electron chi connectivity index (χ2n) is 3.47. The summed E-state index contributed by atoms with van der Waals surface area (Å²) in [6.07, 6.45) is 1.76. The Morgan fingerprint density at radius 1 is 1.56 bits per heavy atom. The molecule has 7 heteroatoms. The third-order valence-electron chi connectivity index (χ3n) is 2.23. The summed E-state index contributed by atoms with van der Waals surface area (Å²) < 4.78 is 9.20. The van der Waals surface area contributed by atoms with Crippen molar-refractivity contribution in [3.05, 3.63) is 27.8 Å². The molecule has 1 N–H and O–H groups in total. The van der Waals surface area contributed by atoms with E-state index < -0.39 is 0 Å². The van der Waals surface area contributed by atoms with Gasteiger partial charge in [0, 0.05) is 11.6 Å². The molecule has 0 amide bonds. The van der Waals surface area contributed by atoms with E-state index in [1.54, 1.807) is 31.4 Å². The van der Waals surface area contributed by atoms with E-state index in [2.05, 4.69) is 14.7 Å². The molecule has 0 saturated carbocycles. The van der Waals surface area contributed by atoms with E-state index in [1.165, 1.54) is 11.5 Å². The van der Waals surface area contributed by atoms with Crippen molar-refractivity contribution < 1.29 is 9.53 Å². The number of carbonyl (C=O) groups excluding carboxylic acids is 1. The Kier molecular flexibility index (Phi) is 4.27. The maximum absolute atomic E-state index is 11.8. The molecular weight excluding hydrogens is 270 g/mol. The first-order valence-corrected chi connectivity index (χ1v) is 7.13. The minimum atomic E-state index is -0.328. The van der Waals surface area contributed by atoms with Gasteiger partial charge in [0.2, 0.25) is 0 Å². The van der Waals surface area contributed by atoms with Crippen molar-refractivity contribution >= 4 is 33.8 Å². The van der Waals surface area contributed by atoms with Crippen molar-refractivity contribution in [3.8, 4) is 0 Å². The fraction of sp³-hybridized carbons (Fsp3) is 0.364. The van der Waals surface area contributed by atoms with Gasteiger partial charge in [0.25, 0.3) is 0 Å². The van der Waals surface area contributed by atoms with E-state index in [0.29, 0.717) is 24.4 Å². The number of thiazole rings is 1. The van der Waals surface area contributed by atoms with Crippen molar-refractivity contribution in [2.75, 3.05) is 11.9 Å². The van der Waals surface area contributed by atoms with Gasteiger partial charge in [-0.15, -0.1) is 11.3 Å². The Labute approximate surface area is 113 Å². The van der Waals surface area contributed by atoms with Crippen LogP contribution in [-0.4, -0.2) is 21.9 Å². The van der Waals surface area contributed by atoms with Crippen LogP contribution in [0.2, 0.25) is 0 Å². The maximum Gasteiger partial charge on any atom is 0.343 e. The average molecular weight is 283 g/mol. The largest absolute Gasteiger partial charge is 0.462 e. The topological polar surface area (TPSA) is 64.1 Å². The summed E-state index contributed by atoms with van der Waals surface area (Å²) in [4.78, 5) is 16.0. The molecule has 18 heavy (non-hydrogen) atoms. The second kappa shape index (κ2) is 5.92. The summed E-state index contributed by atoms with van der Waals surface area (Å²) in [6, 6.07) is 0. The molecule has 0 radical (unpaired) electrons. The fourth-order valence-electron chi connectivity index (χ4n) is 1.43. The number of aryl methyl sites for hydroxylation is 1. The molecule has 0 spiro atoms. The molecule has 96 valence electrons. The lowest BCUT2D eigenvalue weighted by atomic mass is 10.2. The number of rotatable bonds is 5. The number of nitrogens with zero attached hydrogens (tertiary/aromatic N) is 2. The molecule has 0 aliphatic heterocycles. The highest BCUT2D eigenvalue weighted by molar-refractivity contribution is 7.11. The van der Waals surface area contributed by atoms with Crippen LogP contribution in [0.15, 0.2) is 11.6 Å². The van der Waals surface area contributed by atoms with Crippen LogP contribution in [0.3, 0.4) is 0 Å². The highest BCUT2D eigenvalue weighted by Gasteiger charge is 2.19. The van der Waals surface area contributed by atoms with Gasteiger partial charge in [-0.1, -0.05) is 0 Å². The Morgan fingerprint density at radius 3 is 3.06 bits per heavy atom. The zero-order valence-corrected chi connectivity index (χ0v) is 11.7. The lowest BCUT2D eigenvalue weighted by molar-refractivity contribution is 0.0527. The van der Waals surface area contributed by atoms with Crippen LogP contribution in [0, 0.1) is 6.92 Å². The zero-order chi connectivity index (χ0) is 13.0. The normalized spacial score (nSPS) is 10.3. The van der Waals surface area contributed by atoms with Crippen molar-refractivity contribution in [1.29, 1.82) is 0 Å².